The van der Waals surface area contributed by atoms with Gasteiger partial charge in [0.15, 0.2) is 0 Å². The smallest absolute Gasteiger partial charge is 0.243 e. The average molecular weight is 323 g/mol. The molecule has 7 heteroatoms. The maximum Gasteiger partial charge on any atom is 0.243 e. The van der Waals surface area contributed by atoms with Gasteiger partial charge in [-0.3, -0.25) is 9.59 Å². The van der Waals surface area contributed by atoms with Crippen LogP contribution < -0.4 is 15.4 Å². The summed E-state index contributed by atoms with van der Waals surface area (Å²) in [5, 5.41) is 5.59. The number of nitrogens with zero attached hydrogens (tertiary/aromatic N) is 1. The van der Waals surface area contributed by atoms with Gasteiger partial charge in [0.1, 0.15) is 6.04 Å². The number of pyridine rings is 1. The second-order valence-corrected chi connectivity index (χ2v) is 7.11. The predicted molar refractivity (Wildman–Crippen MR) is 85.7 cm³/mol. The number of aromatic nitrogens is 1. The monoisotopic (exact) mass is 323 g/mol. The van der Waals surface area contributed by atoms with Crippen LogP contribution in [0.1, 0.15) is 26.3 Å². The molecule has 2 rings (SSSR count). The van der Waals surface area contributed by atoms with Crippen molar-refractivity contribution in [2.24, 2.45) is 0 Å². The Morgan fingerprint density at radius 1 is 1.59 bits per heavy atom. The molecule has 120 valence electrons. The standard InChI is InChI=1S/C15H21N3O3S/c1-4-21-13-10(6-5-7-16-13)8-17-12(19)11-9-22-15(2,3)14(20)18-11/h5-7,11H,4,8-9H2,1-3H3,(H,17,19)(H,18,20). The number of rotatable bonds is 5. The highest BCUT2D eigenvalue weighted by atomic mass is 32.2. The average Bonchev–Trinajstić information content (AvgIpc) is 2.49. The molecule has 1 fully saturated rings. The van der Waals surface area contributed by atoms with Gasteiger partial charge in [-0.15, -0.1) is 11.8 Å². The minimum absolute atomic E-state index is 0.111. The number of ether oxygens (including phenoxy) is 1. The molecule has 1 unspecified atom stereocenters. The summed E-state index contributed by atoms with van der Waals surface area (Å²) < 4.78 is 4.94. The van der Waals surface area contributed by atoms with Crippen molar-refractivity contribution < 1.29 is 14.3 Å². The van der Waals surface area contributed by atoms with Crippen LogP contribution in [0.2, 0.25) is 0 Å². The summed E-state index contributed by atoms with van der Waals surface area (Å²) in [4.78, 5) is 28.2. The largest absolute Gasteiger partial charge is 0.478 e. The van der Waals surface area contributed by atoms with E-state index in [9.17, 15) is 9.59 Å². The third-order valence-corrected chi connectivity index (χ3v) is 4.77. The number of nitrogens with one attached hydrogen (secondary N) is 2. The van der Waals surface area contributed by atoms with Crippen LogP contribution in [0.5, 0.6) is 5.88 Å². The van der Waals surface area contributed by atoms with Crippen LogP contribution >= 0.6 is 11.8 Å². The van der Waals surface area contributed by atoms with E-state index in [0.29, 0.717) is 24.8 Å². The summed E-state index contributed by atoms with van der Waals surface area (Å²) >= 11 is 1.49. The highest BCUT2D eigenvalue weighted by molar-refractivity contribution is 8.01. The van der Waals surface area contributed by atoms with Crippen molar-refractivity contribution in [3.63, 3.8) is 0 Å². The Morgan fingerprint density at radius 3 is 3.05 bits per heavy atom. The summed E-state index contributed by atoms with van der Waals surface area (Å²) in [5.74, 6) is 0.784. The van der Waals surface area contributed by atoms with Crippen molar-refractivity contribution in [3.8, 4) is 5.88 Å². The Kier molecular flexibility index (Phi) is 5.28. The Hall–Kier alpha value is -1.76. The molecule has 0 radical (unpaired) electrons. The first-order chi connectivity index (χ1) is 10.4. The van der Waals surface area contributed by atoms with Crippen molar-refractivity contribution in [3.05, 3.63) is 23.9 Å². The fourth-order valence-corrected chi connectivity index (χ4v) is 3.01. The molecule has 0 aliphatic carbocycles. The zero-order valence-corrected chi connectivity index (χ0v) is 13.8. The van der Waals surface area contributed by atoms with Gasteiger partial charge in [0.05, 0.1) is 11.4 Å². The van der Waals surface area contributed by atoms with Crippen LogP contribution in [0.3, 0.4) is 0 Å². The topological polar surface area (TPSA) is 80.3 Å². The Morgan fingerprint density at radius 2 is 2.36 bits per heavy atom. The SMILES string of the molecule is CCOc1ncccc1CNC(=O)C1CSC(C)(C)C(=O)N1. The van der Waals surface area contributed by atoms with Crippen LogP contribution in [0.25, 0.3) is 0 Å². The van der Waals surface area contributed by atoms with Crippen LogP contribution in [0.4, 0.5) is 0 Å². The highest BCUT2D eigenvalue weighted by Crippen LogP contribution is 2.29. The number of hydrogen-bond donors (Lipinski definition) is 2. The van der Waals surface area contributed by atoms with Gasteiger partial charge in [-0.1, -0.05) is 6.07 Å². The van der Waals surface area contributed by atoms with Crippen molar-refractivity contribution in [2.75, 3.05) is 12.4 Å². The second kappa shape index (κ2) is 7.00. The lowest BCUT2D eigenvalue weighted by Gasteiger charge is -2.32. The van der Waals surface area contributed by atoms with Gasteiger partial charge in [-0.05, 0) is 26.8 Å². The zero-order chi connectivity index (χ0) is 16.2. The molecule has 1 aromatic rings. The minimum Gasteiger partial charge on any atom is -0.478 e. The maximum absolute atomic E-state index is 12.2. The number of hydrogen-bond acceptors (Lipinski definition) is 5. The van der Waals surface area contributed by atoms with E-state index in [4.69, 9.17) is 4.74 Å². The highest BCUT2D eigenvalue weighted by Gasteiger charge is 2.37. The molecule has 0 bridgehead atoms. The fraction of sp³-hybridized carbons (Fsp3) is 0.533. The Bertz CT molecular complexity index is 563. The summed E-state index contributed by atoms with van der Waals surface area (Å²) in [6, 6.07) is 3.15. The molecule has 0 spiro atoms. The molecule has 2 N–H and O–H groups in total. The first-order valence-electron chi connectivity index (χ1n) is 7.23. The van der Waals surface area contributed by atoms with E-state index in [-0.39, 0.29) is 11.8 Å². The molecule has 1 aliphatic rings. The quantitative estimate of drug-likeness (QED) is 0.848. The minimum atomic E-state index is -0.502. The Balaban J connectivity index is 1.92. The van der Waals surface area contributed by atoms with Crippen LogP contribution in [-0.4, -0.2) is 39.9 Å². The van der Waals surface area contributed by atoms with E-state index < -0.39 is 10.8 Å². The Labute approximate surface area is 134 Å². The fourth-order valence-electron chi connectivity index (χ4n) is 2.00. The van der Waals surface area contributed by atoms with Gasteiger partial charge >= 0.3 is 0 Å². The molecule has 1 aromatic heterocycles. The normalized spacial score (nSPS) is 20.1. The first kappa shape index (κ1) is 16.6. The number of carbonyl (C=O) groups is 2. The summed E-state index contributed by atoms with van der Waals surface area (Å²) in [5.41, 5.74) is 0.813. The van der Waals surface area contributed by atoms with Gasteiger partial charge in [-0.2, -0.15) is 0 Å². The van der Waals surface area contributed by atoms with Gasteiger partial charge in [-0.25, -0.2) is 4.98 Å². The van der Waals surface area contributed by atoms with Crippen LogP contribution in [0.15, 0.2) is 18.3 Å². The second-order valence-electron chi connectivity index (χ2n) is 5.47. The number of amides is 2. The molecule has 0 saturated carbocycles. The lowest BCUT2D eigenvalue weighted by Crippen LogP contribution is -2.57. The summed E-state index contributed by atoms with van der Waals surface area (Å²) in [6.45, 7) is 6.43. The van der Waals surface area contributed by atoms with E-state index in [1.54, 1.807) is 12.3 Å². The van der Waals surface area contributed by atoms with Crippen molar-refractivity contribution in [1.82, 2.24) is 15.6 Å². The molecular formula is C15H21N3O3S. The van der Waals surface area contributed by atoms with Gasteiger partial charge in [0.2, 0.25) is 17.7 Å². The molecular weight excluding hydrogens is 302 g/mol. The van der Waals surface area contributed by atoms with Crippen molar-refractivity contribution >= 4 is 23.6 Å². The molecule has 1 saturated heterocycles. The number of thioether (sulfide) groups is 1. The van der Waals surface area contributed by atoms with E-state index in [1.165, 1.54) is 11.8 Å². The van der Waals surface area contributed by atoms with Gasteiger partial charge in [0, 0.05) is 24.1 Å². The van der Waals surface area contributed by atoms with E-state index in [1.807, 2.05) is 26.8 Å². The summed E-state index contributed by atoms with van der Waals surface area (Å²) in [7, 11) is 0. The van der Waals surface area contributed by atoms with Gasteiger partial charge < -0.3 is 15.4 Å². The lowest BCUT2D eigenvalue weighted by atomic mass is 10.1. The molecule has 1 atom stereocenters. The summed E-state index contributed by atoms with van der Waals surface area (Å²) in [6.07, 6.45) is 1.65. The number of carbonyl (C=O) groups excluding carboxylic acids is 2. The van der Waals surface area contributed by atoms with E-state index in [0.717, 1.165) is 5.56 Å². The van der Waals surface area contributed by atoms with Crippen LogP contribution in [0, 0.1) is 0 Å². The molecule has 6 nitrogen and oxygen atoms in total. The van der Waals surface area contributed by atoms with Crippen LogP contribution in [-0.2, 0) is 16.1 Å². The van der Waals surface area contributed by atoms with Gasteiger partial charge in [0.25, 0.3) is 0 Å². The third-order valence-electron chi connectivity index (χ3n) is 3.36. The lowest BCUT2D eigenvalue weighted by molar-refractivity contribution is -0.129. The molecule has 1 aliphatic heterocycles. The predicted octanol–water partition coefficient (Wildman–Crippen LogP) is 1.11. The maximum atomic E-state index is 12.2. The van der Waals surface area contributed by atoms with Crippen molar-refractivity contribution in [2.45, 2.75) is 38.1 Å². The van der Waals surface area contributed by atoms with Crippen molar-refractivity contribution in [1.29, 1.82) is 0 Å². The molecule has 22 heavy (non-hydrogen) atoms. The molecule has 2 amide bonds. The molecule has 2 heterocycles. The molecule has 0 aromatic carbocycles. The third kappa shape index (κ3) is 3.91. The zero-order valence-electron chi connectivity index (χ0n) is 13.0. The van der Waals surface area contributed by atoms with E-state index >= 15 is 0 Å². The van der Waals surface area contributed by atoms with E-state index in [2.05, 4.69) is 15.6 Å². The first-order valence-corrected chi connectivity index (χ1v) is 8.22.